The Balaban J connectivity index is 1.33. The highest BCUT2D eigenvalue weighted by Gasteiger charge is 2.41. The van der Waals surface area contributed by atoms with Crippen LogP contribution in [0.15, 0.2) is 30.1 Å². The van der Waals surface area contributed by atoms with Gasteiger partial charge < -0.3 is 14.9 Å². The normalized spacial score (nSPS) is 21.8. The van der Waals surface area contributed by atoms with Crippen LogP contribution in [0.4, 0.5) is 10.6 Å². The van der Waals surface area contributed by atoms with Gasteiger partial charge in [-0.2, -0.15) is 0 Å². The van der Waals surface area contributed by atoms with Crippen LogP contribution >= 0.6 is 23.5 Å². The van der Waals surface area contributed by atoms with Gasteiger partial charge in [-0.3, -0.25) is 15.1 Å². The molecule has 0 bridgehead atoms. The minimum absolute atomic E-state index is 0.0871. The number of carbonyl (C=O) groups excluding carboxylic acids is 1. The molecule has 1 amide bonds. The Morgan fingerprint density at radius 1 is 1.21 bits per heavy atom. The van der Waals surface area contributed by atoms with Crippen molar-refractivity contribution >= 4 is 40.6 Å². The smallest absolute Gasteiger partial charge is 0.380 e. The largest absolute Gasteiger partial charge is 0.472 e. The minimum Gasteiger partial charge on any atom is -0.472 e. The van der Waals surface area contributed by atoms with Gasteiger partial charge in [-0.25, -0.2) is 14.1 Å². The van der Waals surface area contributed by atoms with E-state index < -0.39 is 10.9 Å². The number of piperazine rings is 1. The molecule has 1 aromatic heterocycles. The van der Waals surface area contributed by atoms with Gasteiger partial charge >= 0.3 is 5.30 Å². The molecule has 0 aromatic carbocycles. The van der Waals surface area contributed by atoms with E-state index >= 15 is 0 Å². The van der Waals surface area contributed by atoms with Crippen LogP contribution in [0.2, 0.25) is 5.02 Å². The van der Waals surface area contributed by atoms with Crippen LogP contribution in [-0.4, -0.2) is 75.4 Å². The SMILES string of the molecule is O=C(O)SN1CCC2(C=C(C(=O)N3CCN(c4ncccc4Cl)CC3)NO2)CC1. The van der Waals surface area contributed by atoms with Gasteiger partial charge in [0, 0.05) is 57.4 Å². The molecule has 3 aliphatic heterocycles. The van der Waals surface area contributed by atoms with E-state index in [0.29, 0.717) is 62.8 Å². The molecule has 0 atom stereocenters. The lowest BCUT2D eigenvalue weighted by molar-refractivity contribution is -0.129. The monoisotopic (exact) mass is 439 g/mol. The molecule has 156 valence electrons. The molecule has 9 nitrogen and oxygen atoms in total. The number of nitrogens with one attached hydrogen (secondary N) is 1. The lowest BCUT2D eigenvalue weighted by Crippen LogP contribution is -2.50. The van der Waals surface area contributed by atoms with Crippen LogP contribution in [0.1, 0.15) is 12.8 Å². The number of hydroxylamine groups is 1. The molecular formula is C18H22ClN5O4S. The van der Waals surface area contributed by atoms with Gasteiger partial charge in [0.1, 0.15) is 17.1 Å². The van der Waals surface area contributed by atoms with Crippen LogP contribution in [0.5, 0.6) is 0 Å². The van der Waals surface area contributed by atoms with Crippen molar-refractivity contribution < 1.29 is 19.5 Å². The molecule has 29 heavy (non-hydrogen) atoms. The van der Waals surface area contributed by atoms with Crippen molar-refractivity contribution in [3.05, 3.63) is 35.1 Å². The molecule has 3 aliphatic rings. The Labute approximate surface area is 177 Å². The second-order valence-electron chi connectivity index (χ2n) is 7.20. The fraction of sp³-hybridized carbons (Fsp3) is 0.500. The number of carboxylic acid groups (broad SMARTS) is 1. The van der Waals surface area contributed by atoms with Crippen molar-refractivity contribution in [2.24, 2.45) is 0 Å². The number of halogens is 1. The molecule has 1 aromatic rings. The number of aromatic nitrogens is 1. The minimum atomic E-state index is -0.913. The topological polar surface area (TPSA) is 98.2 Å². The fourth-order valence-electron chi connectivity index (χ4n) is 3.80. The number of hydrogen-bond donors (Lipinski definition) is 2. The second-order valence-corrected chi connectivity index (χ2v) is 8.66. The summed E-state index contributed by atoms with van der Waals surface area (Å²) in [6.07, 6.45) is 4.83. The van der Waals surface area contributed by atoms with E-state index in [1.807, 2.05) is 12.1 Å². The molecule has 0 saturated carbocycles. The zero-order valence-corrected chi connectivity index (χ0v) is 17.3. The third kappa shape index (κ3) is 4.45. The first-order valence-electron chi connectivity index (χ1n) is 9.43. The number of nitrogens with zero attached hydrogens (tertiary/aromatic N) is 4. The summed E-state index contributed by atoms with van der Waals surface area (Å²) in [6.45, 7) is 3.62. The predicted octanol–water partition coefficient (Wildman–Crippen LogP) is 1.96. The maximum Gasteiger partial charge on any atom is 0.380 e. The fourth-order valence-corrected chi connectivity index (χ4v) is 4.63. The van der Waals surface area contributed by atoms with Crippen LogP contribution in [0, 0.1) is 0 Å². The van der Waals surface area contributed by atoms with Crippen molar-refractivity contribution in [3.63, 3.8) is 0 Å². The maximum atomic E-state index is 12.9. The lowest BCUT2D eigenvalue weighted by Gasteiger charge is -2.35. The predicted molar refractivity (Wildman–Crippen MR) is 109 cm³/mol. The average Bonchev–Trinajstić information content (AvgIpc) is 3.13. The number of hydrogen-bond acceptors (Lipinski definition) is 8. The summed E-state index contributed by atoms with van der Waals surface area (Å²) in [7, 11) is 0. The number of pyridine rings is 1. The van der Waals surface area contributed by atoms with Crippen LogP contribution in [0.25, 0.3) is 0 Å². The van der Waals surface area contributed by atoms with E-state index in [0.717, 1.165) is 17.8 Å². The van der Waals surface area contributed by atoms with Crippen molar-refractivity contribution in [1.82, 2.24) is 19.7 Å². The number of amides is 1. The average molecular weight is 440 g/mol. The van der Waals surface area contributed by atoms with Crippen molar-refractivity contribution in [3.8, 4) is 0 Å². The van der Waals surface area contributed by atoms with Gasteiger partial charge in [0.05, 0.1) is 5.02 Å². The maximum absolute atomic E-state index is 12.9. The van der Waals surface area contributed by atoms with E-state index in [4.69, 9.17) is 21.5 Å². The molecule has 2 saturated heterocycles. The quantitative estimate of drug-likeness (QED) is 0.684. The van der Waals surface area contributed by atoms with E-state index in [1.54, 1.807) is 21.5 Å². The van der Waals surface area contributed by atoms with Crippen molar-refractivity contribution in [1.29, 1.82) is 0 Å². The van der Waals surface area contributed by atoms with E-state index in [9.17, 15) is 9.59 Å². The zero-order valence-electron chi connectivity index (χ0n) is 15.7. The van der Waals surface area contributed by atoms with Gasteiger partial charge in [0.25, 0.3) is 5.91 Å². The summed E-state index contributed by atoms with van der Waals surface area (Å²) in [6, 6.07) is 3.61. The van der Waals surface area contributed by atoms with Gasteiger partial charge in [-0.1, -0.05) is 11.6 Å². The summed E-state index contributed by atoms with van der Waals surface area (Å²) in [5.74, 6) is 0.656. The first-order chi connectivity index (χ1) is 14.0. The second kappa shape index (κ2) is 8.39. The van der Waals surface area contributed by atoms with E-state index in [-0.39, 0.29) is 5.91 Å². The Kier molecular flexibility index (Phi) is 5.86. The molecule has 4 rings (SSSR count). The Hall–Kier alpha value is -2.01. The molecule has 2 N–H and O–H groups in total. The van der Waals surface area contributed by atoms with Crippen molar-refractivity contribution in [2.45, 2.75) is 18.4 Å². The van der Waals surface area contributed by atoms with E-state index in [1.165, 1.54) is 0 Å². The summed E-state index contributed by atoms with van der Waals surface area (Å²) >= 11 is 7.03. The van der Waals surface area contributed by atoms with Gasteiger partial charge in [0.2, 0.25) is 0 Å². The Morgan fingerprint density at radius 3 is 2.59 bits per heavy atom. The molecule has 11 heteroatoms. The molecule has 0 aliphatic carbocycles. The van der Waals surface area contributed by atoms with Crippen LogP contribution in [-0.2, 0) is 9.63 Å². The lowest BCUT2D eigenvalue weighted by atomic mass is 9.92. The van der Waals surface area contributed by atoms with Gasteiger partial charge in [0.15, 0.2) is 0 Å². The first-order valence-corrected chi connectivity index (χ1v) is 10.6. The number of piperidine rings is 1. The first kappa shape index (κ1) is 20.3. The molecule has 1 spiro atoms. The van der Waals surface area contributed by atoms with Gasteiger partial charge in [-0.15, -0.1) is 0 Å². The highest BCUT2D eigenvalue weighted by atomic mass is 35.5. The number of rotatable bonds is 3. The molecule has 0 radical (unpaired) electrons. The number of carbonyl (C=O) groups is 2. The Morgan fingerprint density at radius 2 is 1.93 bits per heavy atom. The Bertz CT molecular complexity index is 822. The molecule has 0 unspecified atom stereocenters. The highest BCUT2D eigenvalue weighted by Crippen LogP contribution is 2.34. The molecular weight excluding hydrogens is 418 g/mol. The standard InChI is InChI=1S/C18H22ClN5O4S/c19-13-2-1-5-20-15(13)22-8-10-23(11-9-22)16(25)14-12-18(28-21-14)3-6-24(7-4-18)29-17(26)27/h1-2,5,12,21H,3-4,6-11H2,(H,26,27). The highest BCUT2D eigenvalue weighted by molar-refractivity contribution is 8.11. The van der Waals surface area contributed by atoms with Gasteiger partial charge in [-0.05, 0) is 31.1 Å². The molecule has 2 fully saturated rings. The van der Waals surface area contributed by atoms with Crippen LogP contribution < -0.4 is 10.4 Å². The van der Waals surface area contributed by atoms with E-state index in [2.05, 4.69) is 15.4 Å². The van der Waals surface area contributed by atoms with Crippen molar-refractivity contribution in [2.75, 3.05) is 44.2 Å². The summed E-state index contributed by atoms with van der Waals surface area (Å²) in [4.78, 5) is 37.7. The summed E-state index contributed by atoms with van der Waals surface area (Å²) in [5.41, 5.74) is 2.70. The summed E-state index contributed by atoms with van der Waals surface area (Å²) in [5, 5.41) is 8.58. The number of anilines is 1. The van der Waals surface area contributed by atoms with Crippen LogP contribution in [0.3, 0.4) is 0 Å². The third-order valence-corrected chi connectivity index (χ3v) is 6.46. The third-order valence-electron chi connectivity index (χ3n) is 5.38. The summed E-state index contributed by atoms with van der Waals surface area (Å²) < 4.78 is 1.80. The zero-order chi connectivity index (χ0) is 20.4. The molecule has 4 heterocycles.